The van der Waals surface area contributed by atoms with E-state index in [-0.39, 0.29) is 17.7 Å². The summed E-state index contributed by atoms with van der Waals surface area (Å²) in [5.74, 6) is -1.10. The van der Waals surface area contributed by atoms with Crippen molar-refractivity contribution in [3.05, 3.63) is 89.3 Å². The molecule has 4 aromatic rings. The molecule has 0 saturated carbocycles. The fraction of sp³-hybridized carbons (Fsp3) is 0.148. The van der Waals surface area contributed by atoms with Crippen molar-refractivity contribution < 1.29 is 18.8 Å². The van der Waals surface area contributed by atoms with Crippen LogP contribution in [0, 0.1) is 11.7 Å². The molecule has 4 N–H and O–H groups in total. The molecule has 1 saturated heterocycles. The first-order chi connectivity index (χ1) is 17.9. The van der Waals surface area contributed by atoms with Gasteiger partial charge in [0.25, 0.3) is 5.91 Å². The molecule has 10 heteroatoms. The fourth-order valence-electron chi connectivity index (χ4n) is 4.33. The summed E-state index contributed by atoms with van der Waals surface area (Å²) in [6.07, 6.45) is 2.15. The Hall–Kier alpha value is -4.37. The third-order valence-electron chi connectivity index (χ3n) is 6.25. The molecule has 1 atom stereocenters. The number of aromatic amines is 1. The number of H-pyrrole nitrogens is 1. The number of hydrogen-bond acceptors (Lipinski definition) is 3. The normalized spacial score (nSPS) is 15.0. The number of nitrogens with zero attached hydrogens (tertiary/aromatic N) is 1. The molecule has 3 aromatic carbocycles. The number of carbonyl (C=O) groups is 3. The monoisotopic (exact) mass is 519 g/mol. The summed E-state index contributed by atoms with van der Waals surface area (Å²) in [4.78, 5) is 42.6. The van der Waals surface area contributed by atoms with Crippen LogP contribution < -0.4 is 16.0 Å². The third kappa shape index (κ3) is 5.41. The molecule has 0 aliphatic carbocycles. The van der Waals surface area contributed by atoms with Crippen LogP contribution in [0.25, 0.3) is 10.9 Å². The quantitative estimate of drug-likeness (QED) is 0.271. The van der Waals surface area contributed by atoms with E-state index in [1.807, 2.05) is 0 Å². The Bertz CT molecular complexity index is 1490. The van der Waals surface area contributed by atoms with Gasteiger partial charge in [0.1, 0.15) is 5.82 Å². The number of halogens is 2. The number of fused-ring (bicyclic) bond motifs is 1. The topological polar surface area (TPSA) is 106 Å². The van der Waals surface area contributed by atoms with Gasteiger partial charge in [-0.05, 0) is 61.0 Å². The highest BCUT2D eigenvalue weighted by molar-refractivity contribution is 6.33. The van der Waals surface area contributed by atoms with Gasteiger partial charge in [-0.25, -0.2) is 9.18 Å². The molecule has 8 nitrogen and oxygen atoms in total. The molecule has 1 fully saturated rings. The summed E-state index contributed by atoms with van der Waals surface area (Å²) in [5, 5.41) is 9.22. The minimum atomic E-state index is -0.490. The maximum atomic E-state index is 13.6. The number of carbonyl (C=O) groups excluding carboxylic acids is 3. The van der Waals surface area contributed by atoms with Gasteiger partial charge < -0.3 is 25.8 Å². The zero-order chi connectivity index (χ0) is 25.9. The van der Waals surface area contributed by atoms with E-state index in [4.69, 9.17) is 11.6 Å². The molecule has 4 amide bonds. The van der Waals surface area contributed by atoms with E-state index >= 15 is 0 Å². The zero-order valence-corrected chi connectivity index (χ0v) is 20.3. The molecule has 0 spiro atoms. The summed E-state index contributed by atoms with van der Waals surface area (Å²) in [6.45, 7) is 0.788. The van der Waals surface area contributed by atoms with Crippen LogP contribution in [-0.2, 0) is 4.79 Å². The van der Waals surface area contributed by atoms with Crippen LogP contribution in [0.4, 0.5) is 26.2 Å². The van der Waals surface area contributed by atoms with E-state index in [9.17, 15) is 18.8 Å². The largest absolute Gasteiger partial charge is 0.359 e. The predicted molar refractivity (Wildman–Crippen MR) is 141 cm³/mol. The fourth-order valence-corrected chi connectivity index (χ4v) is 4.54. The van der Waals surface area contributed by atoms with Gasteiger partial charge in [0.2, 0.25) is 5.91 Å². The summed E-state index contributed by atoms with van der Waals surface area (Å²) in [5.41, 5.74) is 2.66. The van der Waals surface area contributed by atoms with Crippen LogP contribution in [0.1, 0.15) is 16.8 Å². The SMILES string of the molecule is O=C(Nc1ccc(NC(=O)C2CCN(C(=O)c3ccccc3Cl)C2)cc1)Nc1c[nH]c2ccc(F)cc12. The highest BCUT2D eigenvalue weighted by Crippen LogP contribution is 2.25. The van der Waals surface area contributed by atoms with Crippen LogP contribution in [0.2, 0.25) is 5.02 Å². The Morgan fingerprint density at radius 1 is 0.946 bits per heavy atom. The lowest BCUT2D eigenvalue weighted by Gasteiger charge is -2.17. The molecule has 188 valence electrons. The van der Waals surface area contributed by atoms with Crippen molar-refractivity contribution in [2.45, 2.75) is 6.42 Å². The van der Waals surface area contributed by atoms with Gasteiger partial charge in [-0.1, -0.05) is 23.7 Å². The second-order valence-corrected chi connectivity index (χ2v) is 9.16. The maximum Gasteiger partial charge on any atom is 0.323 e. The predicted octanol–water partition coefficient (Wildman–Crippen LogP) is 5.71. The van der Waals surface area contributed by atoms with Crippen molar-refractivity contribution in [2.75, 3.05) is 29.0 Å². The van der Waals surface area contributed by atoms with Gasteiger partial charge >= 0.3 is 6.03 Å². The van der Waals surface area contributed by atoms with E-state index in [1.165, 1.54) is 12.1 Å². The molecule has 1 aliphatic rings. The van der Waals surface area contributed by atoms with E-state index in [0.29, 0.717) is 58.1 Å². The van der Waals surface area contributed by atoms with Crippen molar-refractivity contribution in [2.24, 2.45) is 5.92 Å². The Morgan fingerprint density at radius 2 is 1.68 bits per heavy atom. The van der Waals surface area contributed by atoms with Crippen LogP contribution in [0.3, 0.4) is 0 Å². The maximum absolute atomic E-state index is 13.6. The van der Waals surface area contributed by atoms with Gasteiger partial charge in [-0.15, -0.1) is 0 Å². The number of rotatable bonds is 5. The average molecular weight is 520 g/mol. The first-order valence-electron chi connectivity index (χ1n) is 11.7. The lowest BCUT2D eigenvalue weighted by molar-refractivity contribution is -0.119. The van der Waals surface area contributed by atoms with Crippen molar-refractivity contribution in [1.29, 1.82) is 0 Å². The number of aromatic nitrogens is 1. The minimum absolute atomic E-state index is 0.181. The number of anilines is 3. The summed E-state index contributed by atoms with van der Waals surface area (Å²) in [6, 6.07) is 17.3. The molecule has 0 bridgehead atoms. The van der Waals surface area contributed by atoms with Gasteiger partial charge in [0, 0.05) is 41.6 Å². The lowest BCUT2D eigenvalue weighted by Crippen LogP contribution is -2.31. The zero-order valence-electron chi connectivity index (χ0n) is 19.6. The second-order valence-electron chi connectivity index (χ2n) is 8.75. The van der Waals surface area contributed by atoms with Gasteiger partial charge in [0.15, 0.2) is 0 Å². The molecule has 1 unspecified atom stereocenters. The molecule has 1 aliphatic heterocycles. The lowest BCUT2D eigenvalue weighted by atomic mass is 10.1. The highest BCUT2D eigenvalue weighted by Gasteiger charge is 2.32. The van der Waals surface area contributed by atoms with E-state index in [2.05, 4.69) is 20.9 Å². The van der Waals surface area contributed by atoms with Crippen molar-refractivity contribution in [3.63, 3.8) is 0 Å². The first kappa shape index (κ1) is 24.3. The van der Waals surface area contributed by atoms with Crippen LogP contribution >= 0.6 is 11.6 Å². The molecule has 37 heavy (non-hydrogen) atoms. The Kier molecular flexibility index (Phi) is 6.78. The molecular formula is C27H23ClFN5O3. The highest BCUT2D eigenvalue weighted by atomic mass is 35.5. The number of nitrogens with one attached hydrogen (secondary N) is 4. The van der Waals surface area contributed by atoms with E-state index in [0.717, 1.165) is 0 Å². The van der Waals surface area contributed by atoms with Crippen LogP contribution in [0.15, 0.2) is 72.9 Å². The van der Waals surface area contributed by atoms with Gasteiger partial charge in [0.05, 0.1) is 22.2 Å². The summed E-state index contributed by atoms with van der Waals surface area (Å²) >= 11 is 6.14. The van der Waals surface area contributed by atoms with Crippen molar-refractivity contribution in [1.82, 2.24) is 9.88 Å². The standard InChI is InChI=1S/C27H23ClFN5O3/c28-22-4-2-1-3-20(22)26(36)34-12-11-16(15-34)25(35)31-18-6-8-19(9-7-18)32-27(37)33-24-14-30-23-10-5-17(29)13-21(23)24/h1-10,13-14,16,30H,11-12,15H2,(H,31,35)(H2,32,33,37). The minimum Gasteiger partial charge on any atom is -0.359 e. The van der Waals surface area contributed by atoms with Crippen molar-refractivity contribution in [3.8, 4) is 0 Å². The number of benzene rings is 3. The van der Waals surface area contributed by atoms with Crippen molar-refractivity contribution >= 4 is 57.4 Å². The number of hydrogen-bond donors (Lipinski definition) is 4. The molecular weight excluding hydrogens is 497 g/mol. The third-order valence-corrected chi connectivity index (χ3v) is 6.58. The number of likely N-dealkylation sites (tertiary alicyclic amines) is 1. The Labute approximate surface area is 216 Å². The molecule has 5 rings (SSSR count). The van der Waals surface area contributed by atoms with Crippen LogP contribution in [-0.4, -0.2) is 40.8 Å². The van der Waals surface area contributed by atoms with Crippen LogP contribution in [0.5, 0.6) is 0 Å². The smallest absolute Gasteiger partial charge is 0.323 e. The summed E-state index contributed by atoms with van der Waals surface area (Å²) < 4.78 is 13.6. The van der Waals surface area contributed by atoms with Gasteiger partial charge in [-0.2, -0.15) is 0 Å². The number of amides is 4. The first-order valence-corrected chi connectivity index (χ1v) is 12.0. The van der Waals surface area contributed by atoms with E-state index in [1.54, 1.807) is 65.7 Å². The molecule has 0 radical (unpaired) electrons. The van der Waals surface area contributed by atoms with Gasteiger partial charge in [-0.3, -0.25) is 9.59 Å². The average Bonchev–Trinajstić information content (AvgIpc) is 3.53. The molecule has 1 aromatic heterocycles. The second kappa shape index (κ2) is 10.3. The number of urea groups is 1. The summed E-state index contributed by atoms with van der Waals surface area (Å²) in [7, 11) is 0. The Morgan fingerprint density at radius 3 is 2.43 bits per heavy atom. The molecule has 2 heterocycles. The Balaban J connectivity index is 1.14. The van der Waals surface area contributed by atoms with E-state index < -0.39 is 11.8 Å².